The van der Waals surface area contributed by atoms with Crippen molar-refractivity contribution in [1.29, 1.82) is 0 Å². The highest BCUT2D eigenvalue weighted by molar-refractivity contribution is 5.99. The topological polar surface area (TPSA) is 101 Å². The minimum atomic E-state index is -1.08. The third-order valence-corrected chi connectivity index (χ3v) is 4.55. The van der Waals surface area contributed by atoms with E-state index >= 15 is 0 Å². The first-order valence-electron chi connectivity index (χ1n) is 8.84. The van der Waals surface area contributed by atoms with Crippen LogP contribution in [0.1, 0.15) is 21.6 Å². The second-order valence-corrected chi connectivity index (χ2v) is 6.30. The molecule has 0 unspecified atom stereocenters. The normalized spacial score (nSPS) is 10.6. The van der Waals surface area contributed by atoms with Crippen LogP contribution in [0.2, 0.25) is 0 Å². The number of carboxylic acid groups (broad SMARTS) is 1. The molecule has 0 saturated carbocycles. The van der Waals surface area contributed by atoms with E-state index in [0.29, 0.717) is 35.5 Å². The van der Waals surface area contributed by atoms with Crippen LogP contribution in [0, 0.1) is 0 Å². The van der Waals surface area contributed by atoms with Gasteiger partial charge >= 0.3 is 5.97 Å². The number of ether oxygens (including phenoxy) is 2. The molecule has 0 fully saturated rings. The van der Waals surface area contributed by atoms with Gasteiger partial charge in [-0.25, -0.2) is 4.79 Å². The molecule has 28 heavy (non-hydrogen) atoms. The summed E-state index contributed by atoms with van der Waals surface area (Å²) in [5.74, 6) is -0.0240. The lowest BCUT2D eigenvalue weighted by Crippen LogP contribution is -2.27. The highest BCUT2D eigenvalue weighted by atomic mass is 16.5. The monoisotopic (exact) mass is 382 g/mol. The molecule has 0 aliphatic carbocycles. The van der Waals surface area contributed by atoms with Gasteiger partial charge in [0.05, 0.1) is 20.6 Å². The maximum atomic E-state index is 12.4. The molecule has 0 aliphatic heterocycles. The van der Waals surface area contributed by atoms with Crippen LogP contribution < -0.4 is 14.8 Å². The third kappa shape index (κ3) is 4.09. The first-order chi connectivity index (χ1) is 13.5. The average molecular weight is 382 g/mol. The second-order valence-electron chi connectivity index (χ2n) is 6.30. The number of rotatable bonds is 8. The summed E-state index contributed by atoms with van der Waals surface area (Å²) in [4.78, 5) is 26.7. The maximum Gasteiger partial charge on any atom is 0.352 e. The van der Waals surface area contributed by atoms with Crippen molar-refractivity contribution >= 4 is 22.8 Å². The van der Waals surface area contributed by atoms with Gasteiger partial charge in [0, 0.05) is 23.0 Å². The number of para-hydroxylation sites is 1. The molecule has 7 nitrogen and oxygen atoms in total. The van der Waals surface area contributed by atoms with Crippen LogP contribution in [0.4, 0.5) is 0 Å². The van der Waals surface area contributed by atoms with Crippen molar-refractivity contribution in [2.24, 2.45) is 0 Å². The van der Waals surface area contributed by atoms with Gasteiger partial charge in [-0.3, -0.25) is 4.79 Å². The number of hydrogen-bond acceptors (Lipinski definition) is 4. The van der Waals surface area contributed by atoms with Crippen molar-refractivity contribution in [3.63, 3.8) is 0 Å². The summed E-state index contributed by atoms with van der Waals surface area (Å²) in [6.07, 6.45) is 0.614. The number of H-pyrrole nitrogens is 1. The van der Waals surface area contributed by atoms with Gasteiger partial charge in [0.15, 0.2) is 11.5 Å². The molecule has 0 spiro atoms. The van der Waals surface area contributed by atoms with Crippen LogP contribution in [-0.2, 0) is 17.6 Å². The average Bonchev–Trinajstić information content (AvgIpc) is 3.06. The number of carbonyl (C=O) groups is 2. The van der Waals surface area contributed by atoms with Gasteiger partial charge in [-0.15, -0.1) is 0 Å². The van der Waals surface area contributed by atoms with Crippen LogP contribution in [0.3, 0.4) is 0 Å². The Kier molecular flexibility index (Phi) is 5.84. The Morgan fingerprint density at radius 1 is 1.07 bits per heavy atom. The lowest BCUT2D eigenvalue weighted by molar-refractivity contribution is -0.120. The Balaban J connectivity index is 1.65. The molecular formula is C21H22N2O5. The molecule has 1 amide bonds. The number of amides is 1. The number of carbonyl (C=O) groups excluding carboxylic acids is 1. The lowest BCUT2D eigenvalue weighted by Gasteiger charge is -2.10. The van der Waals surface area contributed by atoms with Crippen molar-refractivity contribution < 1.29 is 24.2 Å². The predicted octanol–water partition coefficient (Wildman–Crippen LogP) is 2.78. The summed E-state index contributed by atoms with van der Waals surface area (Å²) in [5, 5.41) is 13.0. The number of fused-ring (bicyclic) bond motifs is 1. The van der Waals surface area contributed by atoms with Gasteiger partial charge < -0.3 is 24.9 Å². The van der Waals surface area contributed by atoms with Crippen molar-refractivity contribution in [2.75, 3.05) is 20.8 Å². The maximum absolute atomic E-state index is 12.4. The number of aromatic carboxylic acids is 1. The number of benzene rings is 2. The predicted molar refractivity (Wildman–Crippen MR) is 105 cm³/mol. The minimum absolute atomic E-state index is 0.00240. The summed E-state index contributed by atoms with van der Waals surface area (Å²) < 4.78 is 10.5. The molecule has 0 atom stereocenters. The summed E-state index contributed by atoms with van der Waals surface area (Å²) in [6.45, 7) is 0.430. The molecule has 146 valence electrons. The van der Waals surface area contributed by atoms with E-state index in [2.05, 4.69) is 10.3 Å². The molecule has 2 aromatic carbocycles. The molecule has 3 aromatic rings. The Morgan fingerprint density at radius 2 is 1.82 bits per heavy atom. The molecule has 3 rings (SSSR count). The number of nitrogens with one attached hydrogen (secondary N) is 2. The van der Waals surface area contributed by atoms with E-state index in [4.69, 9.17) is 9.47 Å². The minimum Gasteiger partial charge on any atom is -0.493 e. The summed E-state index contributed by atoms with van der Waals surface area (Å²) in [7, 11) is 3.15. The van der Waals surface area contributed by atoms with Crippen molar-refractivity contribution in [3.05, 3.63) is 59.3 Å². The molecule has 3 N–H and O–H groups in total. The Bertz CT molecular complexity index is 1010. The molecule has 0 bridgehead atoms. The fraction of sp³-hybridized carbons (Fsp3) is 0.238. The summed E-state index contributed by atoms with van der Waals surface area (Å²) in [6, 6.07) is 12.8. The molecular weight excluding hydrogens is 360 g/mol. The number of hydrogen-bond donors (Lipinski definition) is 3. The number of carboxylic acids is 1. The first kappa shape index (κ1) is 19.3. The van der Waals surface area contributed by atoms with Crippen LogP contribution >= 0.6 is 0 Å². The van der Waals surface area contributed by atoms with Gasteiger partial charge in [0.2, 0.25) is 5.91 Å². The van der Waals surface area contributed by atoms with Gasteiger partial charge in [0.25, 0.3) is 0 Å². The number of aromatic nitrogens is 1. The molecule has 0 aliphatic rings. The molecule has 1 heterocycles. The zero-order valence-corrected chi connectivity index (χ0v) is 15.7. The SMILES string of the molecule is COc1ccc(CCNC(=O)Cc2c(C(=O)O)[nH]c3ccccc23)cc1OC. The van der Waals surface area contributed by atoms with E-state index < -0.39 is 5.97 Å². The lowest BCUT2D eigenvalue weighted by atomic mass is 10.1. The Hall–Kier alpha value is -3.48. The van der Waals surface area contributed by atoms with Gasteiger partial charge in [0.1, 0.15) is 5.69 Å². The number of methoxy groups -OCH3 is 2. The third-order valence-electron chi connectivity index (χ3n) is 4.55. The zero-order chi connectivity index (χ0) is 20.1. The smallest absolute Gasteiger partial charge is 0.352 e. The Labute approximate surface area is 162 Å². The Morgan fingerprint density at radius 3 is 2.54 bits per heavy atom. The van der Waals surface area contributed by atoms with Crippen LogP contribution in [0.5, 0.6) is 11.5 Å². The van der Waals surface area contributed by atoms with E-state index in [1.54, 1.807) is 20.3 Å². The quantitative estimate of drug-likeness (QED) is 0.556. The zero-order valence-electron chi connectivity index (χ0n) is 15.7. The fourth-order valence-electron chi connectivity index (χ4n) is 3.17. The van der Waals surface area contributed by atoms with Gasteiger partial charge in [-0.2, -0.15) is 0 Å². The van der Waals surface area contributed by atoms with Crippen molar-refractivity contribution in [3.8, 4) is 11.5 Å². The van der Waals surface area contributed by atoms with E-state index in [1.807, 2.05) is 36.4 Å². The molecule has 1 aromatic heterocycles. The molecule has 7 heteroatoms. The largest absolute Gasteiger partial charge is 0.493 e. The molecule has 0 saturated heterocycles. The van der Waals surface area contributed by atoms with Gasteiger partial charge in [-0.05, 0) is 30.2 Å². The van der Waals surface area contributed by atoms with E-state index in [-0.39, 0.29) is 18.0 Å². The summed E-state index contributed by atoms with van der Waals surface area (Å²) >= 11 is 0. The van der Waals surface area contributed by atoms with E-state index in [0.717, 1.165) is 10.9 Å². The van der Waals surface area contributed by atoms with Crippen molar-refractivity contribution in [1.82, 2.24) is 10.3 Å². The second kappa shape index (κ2) is 8.47. The van der Waals surface area contributed by atoms with Gasteiger partial charge in [-0.1, -0.05) is 24.3 Å². The van der Waals surface area contributed by atoms with Crippen LogP contribution in [0.25, 0.3) is 10.9 Å². The highest BCUT2D eigenvalue weighted by Gasteiger charge is 2.19. The number of aromatic amines is 1. The van der Waals surface area contributed by atoms with Crippen LogP contribution in [-0.4, -0.2) is 42.7 Å². The van der Waals surface area contributed by atoms with Crippen LogP contribution in [0.15, 0.2) is 42.5 Å². The first-order valence-corrected chi connectivity index (χ1v) is 8.84. The van der Waals surface area contributed by atoms with Crippen molar-refractivity contribution in [2.45, 2.75) is 12.8 Å². The summed E-state index contributed by atoms with van der Waals surface area (Å²) in [5.41, 5.74) is 2.24. The molecule has 0 radical (unpaired) electrons. The standard InChI is InChI=1S/C21H22N2O5/c1-27-17-8-7-13(11-18(17)28-2)9-10-22-19(24)12-15-14-5-3-4-6-16(14)23-20(15)21(25)26/h3-8,11,23H,9-10,12H2,1-2H3,(H,22,24)(H,25,26). The highest BCUT2D eigenvalue weighted by Crippen LogP contribution is 2.27. The van der Waals surface area contributed by atoms with E-state index in [9.17, 15) is 14.7 Å². The fourth-order valence-corrected chi connectivity index (χ4v) is 3.17. The van der Waals surface area contributed by atoms with E-state index in [1.165, 1.54) is 0 Å².